The molecule has 4 aromatic rings. The second kappa shape index (κ2) is 8.57. The lowest BCUT2D eigenvalue weighted by molar-refractivity contribution is -0.113. The largest absolute Gasteiger partial charge is 0.325 e. The van der Waals surface area contributed by atoms with Crippen LogP contribution >= 0.6 is 23.1 Å². The quantitative estimate of drug-likeness (QED) is 0.434. The van der Waals surface area contributed by atoms with Crippen molar-refractivity contribution in [3.8, 4) is 0 Å². The van der Waals surface area contributed by atoms with E-state index in [9.17, 15) is 14.0 Å². The van der Waals surface area contributed by atoms with Crippen LogP contribution in [0.3, 0.4) is 0 Å². The predicted octanol–water partition coefficient (Wildman–Crippen LogP) is 4.08. The van der Waals surface area contributed by atoms with E-state index in [4.69, 9.17) is 0 Å². The summed E-state index contributed by atoms with van der Waals surface area (Å²) in [6, 6.07) is 6.44. The van der Waals surface area contributed by atoms with Crippen molar-refractivity contribution in [2.75, 3.05) is 11.1 Å². The van der Waals surface area contributed by atoms with Crippen LogP contribution in [0.25, 0.3) is 16.0 Å². The van der Waals surface area contributed by atoms with Gasteiger partial charge in [-0.25, -0.2) is 4.39 Å². The van der Waals surface area contributed by atoms with Gasteiger partial charge in [-0.15, -0.1) is 21.5 Å². The number of benzene rings is 1. The average molecular weight is 446 g/mol. The van der Waals surface area contributed by atoms with Crippen LogP contribution in [0.5, 0.6) is 0 Å². The summed E-state index contributed by atoms with van der Waals surface area (Å²) in [5.74, 6) is -0.0896. The molecule has 0 radical (unpaired) electrons. The molecular weight excluding hydrogens is 425 g/mol. The fourth-order valence-electron chi connectivity index (χ4n) is 3.11. The Kier molecular flexibility index (Phi) is 5.87. The highest BCUT2D eigenvalue weighted by Crippen LogP contribution is 2.25. The number of nitrogens with zero attached hydrogens (tertiary/aromatic N) is 4. The number of nitrogens with one attached hydrogen (secondary N) is 1. The summed E-state index contributed by atoms with van der Waals surface area (Å²) >= 11 is 2.60. The highest BCUT2D eigenvalue weighted by Gasteiger charge is 2.18. The minimum absolute atomic E-state index is 0.0657. The summed E-state index contributed by atoms with van der Waals surface area (Å²) < 4.78 is 17.8. The van der Waals surface area contributed by atoms with E-state index in [-0.39, 0.29) is 23.0 Å². The van der Waals surface area contributed by atoms with Gasteiger partial charge in [0.1, 0.15) is 10.5 Å². The molecule has 4 rings (SSSR count). The smallest absolute Gasteiger partial charge is 0.272 e. The predicted molar refractivity (Wildman–Crippen MR) is 118 cm³/mol. The molecule has 0 spiro atoms. The van der Waals surface area contributed by atoms with E-state index in [2.05, 4.69) is 22.4 Å². The van der Waals surface area contributed by atoms with Crippen LogP contribution in [0.4, 0.5) is 10.1 Å². The second-order valence-corrected chi connectivity index (χ2v) is 8.72. The summed E-state index contributed by atoms with van der Waals surface area (Å²) in [5, 5.41) is 13.5. The molecule has 1 aromatic carbocycles. The fourth-order valence-corrected chi connectivity index (χ4v) is 4.67. The van der Waals surface area contributed by atoms with Crippen molar-refractivity contribution in [3.63, 3.8) is 0 Å². The number of halogens is 1. The van der Waals surface area contributed by atoms with Crippen LogP contribution in [-0.2, 0) is 11.3 Å². The van der Waals surface area contributed by atoms with Gasteiger partial charge in [0.15, 0.2) is 5.16 Å². The van der Waals surface area contributed by atoms with Crippen LogP contribution in [-0.4, -0.2) is 30.8 Å². The van der Waals surface area contributed by atoms with E-state index in [1.807, 2.05) is 15.8 Å². The summed E-state index contributed by atoms with van der Waals surface area (Å²) in [4.78, 5) is 25.2. The van der Waals surface area contributed by atoms with Gasteiger partial charge < -0.3 is 5.32 Å². The molecule has 0 unspecified atom stereocenters. The number of fused-ring (bicyclic) bond motifs is 3. The molecule has 0 aliphatic heterocycles. The number of carbonyl (C=O) groups is 1. The molecule has 10 heteroatoms. The van der Waals surface area contributed by atoms with E-state index in [0.717, 1.165) is 18.4 Å². The molecule has 1 N–H and O–H groups in total. The lowest BCUT2D eigenvalue weighted by Gasteiger charge is -2.09. The molecular formula is C20H20FN5O2S2. The van der Waals surface area contributed by atoms with Crippen LogP contribution < -0.4 is 10.9 Å². The number of thiophene rings is 1. The Bertz CT molecular complexity index is 1290. The minimum Gasteiger partial charge on any atom is -0.325 e. The first-order chi connectivity index (χ1) is 14.5. The lowest BCUT2D eigenvalue weighted by Crippen LogP contribution is -2.22. The number of unbranched alkanes of at least 4 members (excludes halogenated alkanes) is 1. The molecule has 0 saturated heterocycles. The number of amides is 1. The van der Waals surface area contributed by atoms with Gasteiger partial charge >= 0.3 is 0 Å². The Labute approximate surface area is 179 Å². The Morgan fingerprint density at radius 3 is 2.90 bits per heavy atom. The molecule has 0 fully saturated rings. The van der Waals surface area contributed by atoms with Crippen molar-refractivity contribution in [3.05, 3.63) is 51.4 Å². The van der Waals surface area contributed by atoms with Crippen LogP contribution in [0.2, 0.25) is 0 Å². The van der Waals surface area contributed by atoms with Crippen molar-refractivity contribution >= 4 is 50.7 Å². The zero-order valence-corrected chi connectivity index (χ0v) is 18.1. The van der Waals surface area contributed by atoms with Crippen molar-refractivity contribution in [1.29, 1.82) is 0 Å². The lowest BCUT2D eigenvalue weighted by atomic mass is 10.2. The van der Waals surface area contributed by atoms with E-state index in [1.54, 1.807) is 23.6 Å². The van der Waals surface area contributed by atoms with Crippen molar-refractivity contribution in [2.24, 2.45) is 0 Å². The molecule has 0 saturated carbocycles. The molecule has 30 heavy (non-hydrogen) atoms. The van der Waals surface area contributed by atoms with E-state index in [1.165, 1.54) is 29.2 Å². The van der Waals surface area contributed by atoms with Gasteiger partial charge in [-0.3, -0.25) is 18.6 Å². The highest BCUT2D eigenvalue weighted by atomic mass is 32.2. The van der Waals surface area contributed by atoms with Crippen molar-refractivity contribution < 1.29 is 9.18 Å². The maximum absolute atomic E-state index is 13.7. The second-order valence-electron chi connectivity index (χ2n) is 6.86. The van der Waals surface area contributed by atoms with Crippen LogP contribution in [0.15, 0.2) is 39.6 Å². The van der Waals surface area contributed by atoms with E-state index in [0.29, 0.717) is 33.4 Å². The summed E-state index contributed by atoms with van der Waals surface area (Å²) in [6.07, 6.45) is 1.81. The molecule has 0 atom stereocenters. The molecule has 156 valence electrons. The topological polar surface area (TPSA) is 81.3 Å². The molecule has 0 aliphatic carbocycles. The minimum atomic E-state index is -0.367. The number of hydrogen-bond acceptors (Lipinski definition) is 6. The SMILES string of the molecule is CCCCn1c(=O)c2sccc2n2c(SCC(=O)Nc3ccc(C)c(F)c3)nnc12. The number of hydrogen-bond donors (Lipinski definition) is 1. The fraction of sp³-hybridized carbons (Fsp3) is 0.300. The molecule has 0 aliphatic rings. The third-order valence-corrected chi connectivity index (χ3v) is 6.53. The van der Waals surface area contributed by atoms with Crippen molar-refractivity contribution in [1.82, 2.24) is 19.2 Å². The zero-order chi connectivity index (χ0) is 21.3. The summed E-state index contributed by atoms with van der Waals surface area (Å²) in [7, 11) is 0. The third kappa shape index (κ3) is 3.84. The first-order valence-corrected chi connectivity index (χ1v) is 11.4. The maximum atomic E-state index is 13.7. The van der Waals surface area contributed by atoms with Gasteiger partial charge in [-0.1, -0.05) is 31.2 Å². The highest BCUT2D eigenvalue weighted by molar-refractivity contribution is 7.99. The first kappa shape index (κ1) is 20.5. The van der Waals surface area contributed by atoms with Crippen LogP contribution in [0, 0.1) is 12.7 Å². The van der Waals surface area contributed by atoms with Crippen molar-refractivity contribution in [2.45, 2.75) is 38.4 Å². The first-order valence-electron chi connectivity index (χ1n) is 9.53. The Hall–Kier alpha value is -2.72. The standard InChI is InChI=1S/C20H20FN5O2S2/c1-3-4-8-25-18(28)17-15(7-9-29-17)26-19(25)23-24-20(26)30-11-16(27)22-13-6-5-12(2)14(21)10-13/h5-7,9-10H,3-4,8,11H2,1-2H3,(H,22,27). The van der Waals surface area contributed by atoms with Gasteiger partial charge in [0.2, 0.25) is 11.7 Å². The normalized spacial score (nSPS) is 11.4. The van der Waals surface area contributed by atoms with Gasteiger partial charge in [-0.05, 0) is 42.5 Å². The molecule has 7 nitrogen and oxygen atoms in total. The van der Waals surface area contributed by atoms with Gasteiger partial charge in [0.25, 0.3) is 5.56 Å². The van der Waals surface area contributed by atoms with E-state index < -0.39 is 0 Å². The Morgan fingerprint density at radius 1 is 1.30 bits per heavy atom. The zero-order valence-electron chi connectivity index (χ0n) is 16.5. The van der Waals surface area contributed by atoms with Gasteiger partial charge in [0.05, 0.1) is 11.3 Å². The monoisotopic (exact) mass is 445 g/mol. The number of rotatable bonds is 7. The molecule has 1 amide bonds. The number of anilines is 1. The number of aryl methyl sites for hydroxylation is 2. The number of carbonyl (C=O) groups excluding carboxylic acids is 1. The number of aromatic nitrogens is 4. The Morgan fingerprint density at radius 2 is 2.13 bits per heavy atom. The molecule has 0 bridgehead atoms. The summed E-state index contributed by atoms with van der Waals surface area (Å²) in [5.41, 5.74) is 1.60. The average Bonchev–Trinajstić information content (AvgIpc) is 3.36. The van der Waals surface area contributed by atoms with E-state index >= 15 is 0 Å². The van der Waals surface area contributed by atoms with Crippen LogP contribution in [0.1, 0.15) is 25.3 Å². The molecule has 3 aromatic heterocycles. The number of thioether (sulfide) groups is 1. The maximum Gasteiger partial charge on any atom is 0.272 e. The van der Waals surface area contributed by atoms with Gasteiger partial charge in [0, 0.05) is 12.2 Å². The molecule has 3 heterocycles. The Balaban J connectivity index is 1.60. The summed E-state index contributed by atoms with van der Waals surface area (Å²) in [6.45, 7) is 4.29. The van der Waals surface area contributed by atoms with Gasteiger partial charge in [-0.2, -0.15) is 0 Å². The third-order valence-electron chi connectivity index (χ3n) is 4.71.